The maximum Gasteiger partial charge on any atom is 0.416 e. The van der Waals surface area contributed by atoms with E-state index in [0.717, 1.165) is 0 Å². The SMILES string of the molecule is Nc1cc(C(F)(F)F)cc(N)c1NCC(=O)O. The number of nitrogens with two attached hydrogens (primary N) is 2. The lowest BCUT2D eigenvalue weighted by Gasteiger charge is -2.14. The summed E-state index contributed by atoms with van der Waals surface area (Å²) in [5, 5.41) is 10.8. The smallest absolute Gasteiger partial charge is 0.416 e. The van der Waals surface area contributed by atoms with E-state index in [2.05, 4.69) is 5.32 Å². The number of hydrogen-bond acceptors (Lipinski definition) is 4. The molecule has 0 radical (unpaired) electrons. The highest BCUT2D eigenvalue weighted by Gasteiger charge is 2.31. The molecule has 0 aliphatic carbocycles. The molecule has 0 aliphatic rings. The molecule has 5 nitrogen and oxygen atoms in total. The van der Waals surface area contributed by atoms with Crippen molar-refractivity contribution in [1.82, 2.24) is 0 Å². The van der Waals surface area contributed by atoms with Gasteiger partial charge < -0.3 is 21.9 Å². The van der Waals surface area contributed by atoms with Gasteiger partial charge in [0, 0.05) is 0 Å². The van der Waals surface area contributed by atoms with Crippen molar-refractivity contribution in [1.29, 1.82) is 0 Å². The molecule has 0 unspecified atom stereocenters. The molecule has 8 heteroatoms. The van der Waals surface area contributed by atoms with Crippen LogP contribution in [-0.4, -0.2) is 17.6 Å². The molecule has 0 saturated carbocycles. The first-order chi connectivity index (χ1) is 7.71. The molecule has 0 aliphatic heterocycles. The van der Waals surface area contributed by atoms with Gasteiger partial charge in [-0.1, -0.05) is 0 Å². The third kappa shape index (κ3) is 3.16. The van der Waals surface area contributed by atoms with Crippen molar-refractivity contribution in [2.24, 2.45) is 0 Å². The number of carboxylic acids is 1. The van der Waals surface area contributed by atoms with Gasteiger partial charge in [-0.15, -0.1) is 0 Å². The van der Waals surface area contributed by atoms with Crippen molar-refractivity contribution in [3.63, 3.8) is 0 Å². The van der Waals surface area contributed by atoms with E-state index in [0.29, 0.717) is 12.1 Å². The minimum atomic E-state index is -4.55. The lowest BCUT2D eigenvalue weighted by molar-refractivity contribution is -0.137. The molecule has 0 atom stereocenters. The number of benzene rings is 1. The first-order valence-electron chi connectivity index (χ1n) is 4.43. The summed E-state index contributed by atoms with van der Waals surface area (Å²) in [5.74, 6) is -1.18. The average molecular weight is 249 g/mol. The largest absolute Gasteiger partial charge is 0.480 e. The number of halogens is 3. The molecule has 0 saturated heterocycles. The highest BCUT2D eigenvalue weighted by molar-refractivity contribution is 5.84. The van der Waals surface area contributed by atoms with Crippen LogP contribution in [0.5, 0.6) is 0 Å². The van der Waals surface area contributed by atoms with Gasteiger partial charge in [0.25, 0.3) is 0 Å². The van der Waals surface area contributed by atoms with E-state index in [4.69, 9.17) is 16.6 Å². The Bertz CT molecular complexity index is 423. The van der Waals surface area contributed by atoms with Crippen LogP contribution in [0.15, 0.2) is 12.1 Å². The van der Waals surface area contributed by atoms with Gasteiger partial charge in [0.15, 0.2) is 0 Å². The Morgan fingerprint density at radius 3 is 2.12 bits per heavy atom. The number of nitrogen functional groups attached to an aromatic ring is 2. The minimum absolute atomic E-state index is 0.0135. The molecule has 1 rings (SSSR count). The highest BCUT2D eigenvalue weighted by atomic mass is 19.4. The third-order valence-corrected chi connectivity index (χ3v) is 1.94. The Hall–Kier alpha value is -2.12. The summed E-state index contributed by atoms with van der Waals surface area (Å²) in [4.78, 5) is 10.3. The molecule has 0 aromatic heterocycles. The predicted octanol–water partition coefficient (Wildman–Crippen LogP) is 1.37. The average Bonchev–Trinajstić information content (AvgIpc) is 2.14. The first-order valence-corrected chi connectivity index (χ1v) is 4.43. The summed E-state index contributed by atoms with van der Waals surface area (Å²) >= 11 is 0. The van der Waals surface area contributed by atoms with Crippen molar-refractivity contribution in [3.05, 3.63) is 17.7 Å². The van der Waals surface area contributed by atoms with Crippen molar-refractivity contribution < 1.29 is 23.1 Å². The number of alkyl halides is 3. The molecule has 0 fully saturated rings. The lowest BCUT2D eigenvalue weighted by Crippen LogP contribution is -2.16. The minimum Gasteiger partial charge on any atom is -0.480 e. The maximum absolute atomic E-state index is 12.4. The van der Waals surface area contributed by atoms with Gasteiger partial charge in [-0.25, -0.2) is 0 Å². The van der Waals surface area contributed by atoms with Gasteiger partial charge >= 0.3 is 12.1 Å². The fourth-order valence-corrected chi connectivity index (χ4v) is 1.22. The molecule has 94 valence electrons. The van der Waals surface area contributed by atoms with E-state index >= 15 is 0 Å². The maximum atomic E-state index is 12.4. The van der Waals surface area contributed by atoms with Crippen LogP contribution in [0, 0.1) is 0 Å². The highest BCUT2D eigenvalue weighted by Crippen LogP contribution is 2.36. The van der Waals surface area contributed by atoms with E-state index < -0.39 is 24.3 Å². The summed E-state index contributed by atoms with van der Waals surface area (Å²) in [6.45, 7) is -0.486. The van der Waals surface area contributed by atoms with Gasteiger partial charge in [0.1, 0.15) is 6.54 Å². The Morgan fingerprint density at radius 2 is 1.76 bits per heavy atom. The standard InChI is InChI=1S/C9H10F3N3O2/c10-9(11,12)4-1-5(13)8(6(14)2-4)15-3-7(16)17/h1-2,15H,3,13-14H2,(H,16,17). The Labute approximate surface area is 94.2 Å². The zero-order valence-electron chi connectivity index (χ0n) is 8.51. The van der Waals surface area contributed by atoms with Crippen LogP contribution >= 0.6 is 0 Å². The Balaban J connectivity index is 3.07. The van der Waals surface area contributed by atoms with Crippen molar-refractivity contribution in [3.8, 4) is 0 Å². The second-order valence-electron chi connectivity index (χ2n) is 3.27. The van der Waals surface area contributed by atoms with Gasteiger partial charge in [-0.3, -0.25) is 4.79 Å². The van der Waals surface area contributed by atoms with Gasteiger partial charge in [-0.05, 0) is 12.1 Å². The van der Waals surface area contributed by atoms with Gasteiger partial charge in [0.05, 0.1) is 22.6 Å². The van der Waals surface area contributed by atoms with Crippen LogP contribution in [0.1, 0.15) is 5.56 Å². The Morgan fingerprint density at radius 1 is 1.29 bits per heavy atom. The van der Waals surface area contributed by atoms with E-state index in [-0.39, 0.29) is 17.1 Å². The number of rotatable bonds is 3. The normalized spacial score (nSPS) is 11.2. The topological polar surface area (TPSA) is 101 Å². The molecular weight excluding hydrogens is 239 g/mol. The number of aliphatic carboxylic acids is 1. The zero-order chi connectivity index (χ0) is 13.2. The summed E-state index contributed by atoms with van der Waals surface area (Å²) in [7, 11) is 0. The van der Waals surface area contributed by atoms with Crippen molar-refractivity contribution >= 4 is 23.0 Å². The molecule has 1 aromatic rings. The Kier molecular flexibility index (Phi) is 3.35. The van der Waals surface area contributed by atoms with E-state index in [9.17, 15) is 18.0 Å². The number of carbonyl (C=O) groups is 1. The van der Waals surface area contributed by atoms with Crippen LogP contribution in [0.3, 0.4) is 0 Å². The van der Waals surface area contributed by atoms with Gasteiger partial charge in [-0.2, -0.15) is 13.2 Å². The van der Waals surface area contributed by atoms with E-state index in [1.54, 1.807) is 0 Å². The van der Waals surface area contributed by atoms with E-state index in [1.165, 1.54) is 0 Å². The van der Waals surface area contributed by atoms with Crippen LogP contribution in [0.25, 0.3) is 0 Å². The molecule has 17 heavy (non-hydrogen) atoms. The fraction of sp³-hybridized carbons (Fsp3) is 0.222. The summed E-state index contributed by atoms with van der Waals surface area (Å²) in [6, 6.07) is 1.39. The number of nitrogens with one attached hydrogen (secondary N) is 1. The first kappa shape index (κ1) is 12.9. The molecule has 6 N–H and O–H groups in total. The van der Waals surface area contributed by atoms with Gasteiger partial charge in [0.2, 0.25) is 0 Å². The summed E-state index contributed by atoms with van der Waals surface area (Å²) < 4.78 is 37.1. The summed E-state index contributed by atoms with van der Waals surface area (Å²) in [5.41, 5.74) is 9.24. The molecule has 0 heterocycles. The number of anilines is 3. The van der Waals surface area contributed by atoms with Crippen molar-refractivity contribution in [2.75, 3.05) is 23.3 Å². The van der Waals surface area contributed by atoms with E-state index in [1.807, 2.05) is 0 Å². The second-order valence-corrected chi connectivity index (χ2v) is 3.27. The zero-order valence-corrected chi connectivity index (χ0v) is 8.51. The van der Waals surface area contributed by atoms with Crippen LogP contribution in [-0.2, 0) is 11.0 Å². The van der Waals surface area contributed by atoms with Crippen molar-refractivity contribution in [2.45, 2.75) is 6.18 Å². The second kappa shape index (κ2) is 4.40. The molecule has 0 amide bonds. The molecular formula is C9H10F3N3O2. The predicted molar refractivity (Wildman–Crippen MR) is 56.4 cm³/mol. The van der Waals surface area contributed by atoms with Crippen LogP contribution < -0.4 is 16.8 Å². The quantitative estimate of drug-likeness (QED) is 0.606. The van der Waals surface area contributed by atoms with Crippen LogP contribution in [0.2, 0.25) is 0 Å². The van der Waals surface area contributed by atoms with Crippen LogP contribution in [0.4, 0.5) is 30.2 Å². The molecule has 0 spiro atoms. The summed E-state index contributed by atoms with van der Waals surface area (Å²) in [6.07, 6.45) is -4.55. The number of hydrogen-bond donors (Lipinski definition) is 4. The molecule has 0 bridgehead atoms. The monoisotopic (exact) mass is 249 g/mol. The fourth-order valence-electron chi connectivity index (χ4n) is 1.22. The third-order valence-electron chi connectivity index (χ3n) is 1.94. The molecule has 1 aromatic carbocycles. The number of carboxylic acid groups (broad SMARTS) is 1. The lowest BCUT2D eigenvalue weighted by atomic mass is 10.1.